The fraction of sp³-hybridized carbons (Fsp3) is 0.308. The number of rotatable bonds is 5. The van der Waals surface area contributed by atoms with E-state index in [4.69, 9.17) is 17.5 Å². The molecule has 1 aromatic carbocycles. The largest absolute Gasteiger partial charge is 0.479 e. The van der Waals surface area contributed by atoms with Gasteiger partial charge in [0.1, 0.15) is 0 Å². The summed E-state index contributed by atoms with van der Waals surface area (Å²) in [5.74, 6) is -1.13. The Hall–Kier alpha value is -1.38. The van der Waals surface area contributed by atoms with Crippen molar-refractivity contribution in [2.24, 2.45) is 0 Å². The van der Waals surface area contributed by atoms with Crippen LogP contribution in [0.5, 0.6) is 0 Å². The second-order valence-corrected chi connectivity index (χ2v) is 5.73. The number of carboxylic acids is 1. The molecule has 0 amide bonds. The highest BCUT2D eigenvalue weighted by Gasteiger charge is 2.40. The van der Waals surface area contributed by atoms with E-state index >= 15 is 0 Å². The van der Waals surface area contributed by atoms with Crippen LogP contribution in [0.15, 0.2) is 30.3 Å². The lowest BCUT2D eigenvalue weighted by molar-refractivity contribution is -0.138. The molecule has 0 saturated carbocycles. The van der Waals surface area contributed by atoms with Crippen LogP contribution in [-0.2, 0) is 4.79 Å². The first-order valence-corrected chi connectivity index (χ1v) is 6.71. The second kappa shape index (κ2) is 6.53. The predicted octanol–water partition coefficient (Wildman–Crippen LogP) is 3.24. The molecule has 18 heavy (non-hydrogen) atoms. The smallest absolute Gasteiger partial charge is 0.334 e. The van der Waals surface area contributed by atoms with E-state index in [0.29, 0.717) is 10.6 Å². The lowest BCUT2D eigenvalue weighted by atomic mass is 10.1. The highest BCUT2D eigenvalue weighted by Crippen LogP contribution is 2.33. The van der Waals surface area contributed by atoms with Crippen molar-refractivity contribution in [1.29, 1.82) is 5.26 Å². The van der Waals surface area contributed by atoms with Gasteiger partial charge in [0.25, 0.3) is 0 Å². The van der Waals surface area contributed by atoms with Gasteiger partial charge in [0.2, 0.25) is 4.75 Å². The van der Waals surface area contributed by atoms with Crippen molar-refractivity contribution < 1.29 is 9.90 Å². The van der Waals surface area contributed by atoms with Crippen LogP contribution in [0.3, 0.4) is 0 Å². The summed E-state index contributed by atoms with van der Waals surface area (Å²) in [7, 11) is 0. The van der Waals surface area contributed by atoms with Crippen LogP contribution in [0.2, 0.25) is 0 Å². The summed E-state index contributed by atoms with van der Waals surface area (Å²) in [5.41, 5.74) is 0.773. The van der Waals surface area contributed by atoms with Crippen LogP contribution >= 0.6 is 24.0 Å². The molecule has 1 atom stereocenters. The van der Waals surface area contributed by atoms with Crippen molar-refractivity contribution >= 4 is 34.1 Å². The third-order valence-corrected chi connectivity index (χ3v) is 4.13. The van der Waals surface area contributed by atoms with E-state index in [1.165, 1.54) is 0 Å². The summed E-state index contributed by atoms with van der Waals surface area (Å²) in [4.78, 5) is 11.3. The van der Waals surface area contributed by atoms with Crippen molar-refractivity contribution in [2.75, 3.05) is 0 Å². The normalized spacial score (nSPS) is 13.3. The number of carbonyl (C=O) groups is 1. The Balaban J connectivity index is 2.95. The first-order valence-electron chi connectivity index (χ1n) is 5.49. The van der Waals surface area contributed by atoms with Gasteiger partial charge in [-0.1, -0.05) is 67.7 Å². The molecule has 0 spiro atoms. The number of thiocarbonyl (C=S) groups is 1. The van der Waals surface area contributed by atoms with Crippen molar-refractivity contribution in [3.8, 4) is 6.07 Å². The van der Waals surface area contributed by atoms with E-state index in [-0.39, 0.29) is 6.42 Å². The SMILES string of the molecule is CCCC(C#N)(SC(=S)c1ccccc1)C(=O)O. The highest BCUT2D eigenvalue weighted by molar-refractivity contribution is 8.25. The third kappa shape index (κ3) is 3.31. The zero-order chi connectivity index (χ0) is 13.6. The molecule has 0 aromatic heterocycles. The van der Waals surface area contributed by atoms with Crippen LogP contribution in [0.25, 0.3) is 0 Å². The summed E-state index contributed by atoms with van der Waals surface area (Å²) in [6.45, 7) is 1.85. The van der Waals surface area contributed by atoms with Gasteiger partial charge in [-0.25, -0.2) is 4.79 Å². The fourth-order valence-corrected chi connectivity index (χ4v) is 3.04. The minimum absolute atomic E-state index is 0.274. The van der Waals surface area contributed by atoms with E-state index in [1.54, 1.807) is 0 Å². The molecule has 1 unspecified atom stereocenters. The van der Waals surface area contributed by atoms with Gasteiger partial charge in [0.05, 0.1) is 10.3 Å². The van der Waals surface area contributed by atoms with Crippen LogP contribution in [0, 0.1) is 11.3 Å². The molecule has 5 heteroatoms. The Bertz CT molecular complexity index is 482. The van der Waals surface area contributed by atoms with Crippen LogP contribution in [0.1, 0.15) is 25.3 Å². The molecule has 0 aliphatic carbocycles. The van der Waals surface area contributed by atoms with Gasteiger partial charge in [0, 0.05) is 0 Å². The summed E-state index contributed by atoms with van der Waals surface area (Å²) >= 11 is 6.17. The highest BCUT2D eigenvalue weighted by atomic mass is 32.2. The summed E-state index contributed by atoms with van der Waals surface area (Å²) in [5, 5.41) is 18.4. The Labute approximate surface area is 116 Å². The van der Waals surface area contributed by atoms with Crippen molar-refractivity contribution in [3.63, 3.8) is 0 Å². The number of nitrogens with zero attached hydrogens (tertiary/aromatic N) is 1. The Kier molecular flexibility index (Phi) is 5.32. The maximum absolute atomic E-state index is 11.3. The topological polar surface area (TPSA) is 61.1 Å². The van der Waals surface area contributed by atoms with Gasteiger partial charge in [0.15, 0.2) is 0 Å². The minimum atomic E-state index is -1.48. The molecular weight excluding hydrogens is 266 g/mol. The molecule has 0 radical (unpaired) electrons. The molecule has 0 aliphatic rings. The Morgan fingerprint density at radius 3 is 2.56 bits per heavy atom. The summed E-state index contributed by atoms with van der Waals surface area (Å²) < 4.78 is -1.05. The molecule has 3 nitrogen and oxygen atoms in total. The predicted molar refractivity (Wildman–Crippen MR) is 76.6 cm³/mol. The number of carboxylic acid groups (broad SMARTS) is 1. The van der Waals surface area contributed by atoms with E-state index in [0.717, 1.165) is 17.3 Å². The molecule has 0 fully saturated rings. The van der Waals surface area contributed by atoms with Gasteiger partial charge in [-0.2, -0.15) is 5.26 Å². The summed E-state index contributed by atoms with van der Waals surface area (Å²) in [6.07, 6.45) is 0.890. The zero-order valence-corrected chi connectivity index (χ0v) is 11.6. The van der Waals surface area contributed by atoms with Gasteiger partial charge in [-0.15, -0.1) is 0 Å². The zero-order valence-electron chi connectivity index (χ0n) is 9.92. The lowest BCUT2D eigenvalue weighted by Crippen LogP contribution is -2.34. The third-order valence-electron chi connectivity index (χ3n) is 2.40. The Morgan fingerprint density at radius 1 is 1.50 bits per heavy atom. The van der Waals surface area contributed by atoms with E-state index < -0.39 is 10.7 Å². The molecule has 0 bridgehead atoms. The molecule has 0 aliphatic heterocycles. The molecule has 94 valence electrons. The van der Waals surface area contributed by atoms with Crippen molar-refractivity contribution in [2.45, 2.75) is 24.5 Å². The number of hydrogen-bond acceptors (Lipinski definition) is 4. The molecule has 0 saturated heterocycles. The standard InChI is InChI=1S/C13H13NO2S2/c1-2-8-13(9-14,12(15)16)18-11(17)10-6-4-3-5-7-10/h3-7H,2,8H2,1H3,(H,15,16). The number of thioether (sulfide) groups is 1. The van der Waals surface area contributed by atoms with Crippen LogP contribution in [0.4, 0.5) is 0 Å². The molecule has 1 N–H and O–H groups in total. The molecule has 1 rings (SSSR count). The Morgan fingerprint density at radius 2 is 2.11 bits per heavy atom. The molecule has 0 heterocycles. The number of nitriles is 1. The van der Waals surface area contributed by atoms with Gasteiger partial charge in [-0.3, -0.25) is 0 Å². The van der Waals surface area contributed by atoms with Gasteiger partial charge in [-0.05, 0) is 12.0 Å². The first-order chi connectivity index (χ1) is 8.55. The lowest BCUT2D eigenvalue weighted by Gasteiger charge is -2.20. The van der Waals surface area contributed by atoms with Crippen LogP contribution < -0.4 is 0 Å². The first kappa shape index (κ1) is 14.7. The average molecular weight is 279 g/mol. The number of aliphatic carboxylic acids is 1. The van der Waals surface area contributed by atoms with Crippen molar-refractivity contribution in [1.82, 2.24) is 0 Å². The van der Waals surface area contributed by atoms with E-state index in [9.17, 15) is 9.90 Å². The quantitative estimate of drug-likeness (QED) is 0.838. The monoisotopic (exact) mass is 279 g/mol. The minimum Gasteiger partial charge on any atom is -0.479 e. The van der Waals surface area contributed by atoms with E-state index in [2.05, 4.69) is 0 Å². The second-order valence-electron chi connectivity index (χ2n) is 3.75. The molecular formula is C13H13NO2S2. The van der Waals surface area contributed by atoms with Crippen molar-refractivity contribution in [3.05, 3.63) is 35.9 Å². The maximum Gasteiger partial charge on any atom is 0.334 e. The summed E-state index contributed by atoms with van der Waals surface area (Å²) in [6, 6.07) is 11.0. The number of benzene rings is 1. The van der Waals surface area contributed by atoms with Crippen LogP contribution in [-0.4, -0.2) is 20.0 Å². The fourth-order valence-electron chi connectivity index (χ4n) is 1.47. The molecule has 1 aromatic rings. The van der Waals surface area contributed by atoms with Gasteiger partial charge < -0.3 is 5.11 Å². The number of hydrogen-bond donors (Lipinski definition) is 1. The van der Waals surface area contributed by atoms with E-state index in [1.807, 2.05) is 43.3 Å². The van der Waals surface area contributed by atoms with Gasteiger partial charge >= 0.3 is 5.97 Å². The maximum atomic E-state index is 11.3. The average Bonchev–Trinajstić information content (AvgIpc) is 2.38.